The molecule has 132 valence electrons. The maximum atomic E-state index is 14.3. The van der Waals surface area contributed by atoms with Gasteiger partial charge in [0.2, 0.25) is 0 Å². The molecule has 2 heterocycles. The fourth-order valence-corrected chi connectivity index (χ4v) is 3.61. The smallest absolute Gasteiger partial charge is 0.282 e. The summed E-state index contributed by atoms with van der Waals surface area (Å²) in [6.07, 6.45) is 1.91. The summed E-state index contributed by atoms with van der Waals surface area (Å²) in [5, 5.41) is 0.541. The number of halogens is 2. The molecular formula is C20H16ClFN2O2. The molecule has 2 aliphatic heterocycles. The van der Waals surface area contributed by atoms with E-state index in [9.17, 15) is 14.0 Å². The van der Waals surface area contributed by atoms with Crippen molar-refractivity contribution in [1.29, 1.82) is 0 Å². The molecule has 26 heavy (non-hydrogen) atoms. The molecule has 6 heteroatoms. The lowest BCUT2D eigenvalue weighted by molar-refractivity contribution is -0.120. The number of likely N-dealkylation sites (tertiary alicyclic amines) is 1. The maximum Gasteiger partial charge on any atom is 0.282 e. The van der Waals surface area contributed by atoms with Crippen molar-refractivity contribution in [3.8, 4) is 0 Å². The van der Waals surface area contributed by atoms with Gasteiger partial charge in [0.1, 0.15) is 11.5 Å². The number of benzene rings is 2. The first-order chi connectivity index (χ1) is 12.6. The lowest BCUT2D eigenvalue weighted by Crippen LogP contribution is -2.35. The number of rotatable bonds is 3. The Morgan fingerprint density at radius 3 is 2.19 bits per heavy atom. The Hall–Kier alpha value is -2.66. The molecule has 2 aliphatic rings. The van der Waals surface area contributed by atoms with Gasteiger partial charge in [-0.15, -0.1) is 0 Å². The number of amides is 2. The number of carbonyl (C=O) groups is 2. The van der Waals surface area contributed by atoms with Gasteiger partial charge in [-0.1, -0.05) is 35.9 Å². The van der Waals surface area contributed by atoms with Gasteiger partial charge in [0.15, 0.2) is 0 Å². The van der Waals surface area contributed by atoms with E-state index in [2.05, 4.69) is 0 Å². The minimum absolute atomic E-state index is 0.0249. The summed E-state index contributed by atoms with van der Waals surface area (Å²) in [7, 11) is 0. The van der Waals surface area contributed by atoms with Gasteiger partial charge in [0.05, 0.1) is 11.3 Å². The Kier molecular flexibility index (Phi) is 4.24. The Balaban J connectivity index is 1.86. The summed E-state index contributed by atoms with van der Waals surface area (Å²) in [4.78, 5) is 29.1. The average Bonchev–Trinajstić information content (AvgIpc) is 3.23. The Morgan fingerprint density at radius 1 is 0.885 bits per heavy atom. The molecule has 0 saturated carbocycles. The SMILES string of the molecule is O=C1C(c2ccc(Cl)cc2)=C(N2CCCC2)C(=O)N1c1ccccc1F. The van der Waals surface area contributed by atoms with Gasteiger partial charge in [0.25, 0.3) is 11.8 Å². The van der Waals surface area contributed by atoms with E-state index in [0.717, 1.165) is 17.7 Å². The molecule has 2 aromatic rings. The molecule has 0 aromatic heterocycles. The van der Waals surface area contributed by atoms with Crippen molar-refractivity contribution in [2.45, 2.75) is 12.8 Å². The van der Waals surface area contributed by atoms with Crippen molar-refractivity contribution >= 4 is 34.7 Å². The second-order valence-electron chi connectivity index (χ2n) is 6.32. The van der Waals surface area contributed by atoms with Gasteiger partial charge < -0.3 is 4.90 Å². The van der Waals surface area contributed by atoms with Crippen LogP contribution in [0.4, 0.5) is 10.1 Å². The lowest BCUT2D eigenvalue weighted by atomic mass is 10.0. The largest absolute Gasteiger partial charge is 0.366 e. The minimum Gasteiger partial charge on any atom is -0.366 e. The fourth-order valence-electron chi connectivity index (χ4n) is 3.48. The van der Waals surface area contributed by atoms with Crippen LogP contribution in [0.5, 0.6) is 0 Å². The highest BCUT2D eigenvalue weighted by Crippen LogP contribution is 2.37. The number of hydrogen-bond donors (Lipinski definition) is 0. The zero-order valence-electron chi connectivity index (χ0n) is 13.9. The third-order valence-corrected chi connectivity index (χ3v) is 4.96. The molecule has 0 spiro atoms. The van der Waals surface area contributed by atoms with Gasteiger partial charge >= 0.3 is 0 Å². The molecule has 0 unspecified atom stereocenters. The van der Waals surface area contributed by atoms with E-state index in [1.165, 1.54) is 18.2 Å². The molecule has 0 radical (unpaired) electrons. The second kappa shape index (κ2) is 6.57. The van der Waals surface area contributed by atoms with Crippen LogP contribution in [-0.4, -0.2) is 29.8 Å². The molecule has 1 saturated heterocycles. The third kappa shape index (κ3) is 2.69. The third-order valence-electron chi connectivity index (χ3n) is 4.71. The van der Waals surface area contributed by atoms with E-state index in [1.54, 1.807) is 30.3 Å². The topological polar surface area (TPSA) is 40.6 Å². The van der Waals surface area contributed by atoms with E-state index < -0.39 is 17.6 Å². The zero-order valence-corrected chi connectivity index (χ0v) is 14.7. The van der Waals surface area contributed by atoms with Gasteiger partial charge in [-0.2, -0.15) is 0 Å². The summed E-state index contributed by atoms with van der Waals surface area (Å²) in [6, 6.07) is 12.6. The quantitative estimate of drug-likeness (QED) is 0.770. The molecule has 4 nitrogen and oxygen atoms in total. The average molecular weight is 371 g/mol. The van der Waals surface area contributed by atoms with Gasteiger partial charge in [-0.05, 0) is 42.7 Å². The van der Waals surface area contributed by atoms with Crippen LogP contribution in [0.3, 0.4) is 0 Å². The first-order valence-electron chi connectivity index (χ1n) is 8.46. The summed E-state index contributed by atoms with van der Waals surface area (Å²) in [5.41, 5.74) is 1.23. The zero-order chi connectivity index (χ0) is 18.3. The van der Waals surface area contributed by atoms with Crippen LogP contribution >= 0.6 is 11.6 Å². The van der Waals surface area contributed by atoms with Crippen molar-refractivity contribution in [2.24, 2.45) is 0 Å². The van der Waals surface area contributed by atoms with Crippen LogP contribution in [0.25, 0.3) is 5.57 Å². The van der Waals surface area contributed by atoms with Crippen LogP contribution in [0, 0.1) is 5.82 Å². The molecule has 0 bridgehead atoms. The number of anilines is 1. The summed E-state index contributed by atoms with van der Waals surface area (Å²) in [6.45, 7) is 1.41. The highest BCUT2D eigenvalue weighted by atomic mass is 35.5. The van der Waals surface area contributed by atoms with Gasteiger partial charge in [0, 0.05) is 18.1 Å². The summed E-state index contributed by atoms with van der Waals surface area (Å²) < 4.78 is 14.3. The normalized spacial score (nSPS) is 17.6. The highest BCUT2D eigenvalue weighted by Gasteiger charge is 2.43. The summed E-state index contributed by atoms with van der Waals surface area (Å²) in [5.74, 6) is -1.59. The van der Waals surface area contributed by atoms with Crippen molar-refractivity contribution in [1.82, 2.24) is 4.90 Å². The van der Waals surface area contributed by atoms with Crippen LogP contribution in [0.1, 0.15) is 18.4 Å². The van der Waals surface area contributed by atoms with Crippen molar-refractivity contribution in [3.63, 3.8) is 0 Å². The number of nitrogens with zero attached hydrogens (tertiary/aromatic N) is 2. The van der Waals surface area contributed by atoms with Crippen LogP contribution in [-0.2, 0) is 9.59 Å². The second-order valence-corrected chi connectivity index (χ2v) is 6.76. The van der Waals surface area contributed by atoms with E-state index in [0.29, 0.717) is 34.9 Å². The predicted octanol–water partition coefficient (Wildman–Crippen LogP) is 3.86. The maximum absolute atomic E-state index is 14.3. The molecule has 0 aliphatic carbocycles. The van der Waals surface area contributed by atoms with Gasteiger partial charge in [-0.25, -0.2) is 9.29 Å². The molecule has 0 N–H and O–H groups in total. The molecule has 0 atom stereocenters. The Labute approximate surface area is 155 Å². The van der Waals surface area contributed by atoms with Crippen LogP contribution in [0.15, 0.2) is 54.2 Å². The standard InChI is InChI=1S/C20H16ClFN2O2/c21-14-9-7-13(8-10-14)17-18(23-11-3-4-12-23)20(26)24(19(17)25)16-6-2-1-5-15(16)22/h1-2,5-10H,3-4,11-12H2. The van der Waals surface area contributed by atoms with Gasteiger partial charge in [-0.3, -0.25) is 9.59 Å². The predicted molar refractivity (Wildman–Crippen MR) is 98.1 cm³/mol. The first kappa shape index (κ1) is 16.8. The number of para-hydroxylation sites is 1. The molecular weight excluding hydrogens is 355 g/mol. The number of imide groups is 1. The van der Waals surface area contributed by atoms with E-state index >= 15 is 0 Å². The van der Waals surface area contributed by atoms with E-state index in [1.807, 2.05) is 4.90 Å². The van der Waals surface area contributed by atoms with Crippen molar-refractivity contribution in [2.75, 3.05) is 18.0 Å². The first-order valence-corrected chi connectivity index (χ1v) is 8.84. The Bertz CT molecular complexity index is 918. The summed E-state index contributed by atoms with van der Waals surface area (Å²) >= 11 is 5.95. The van der Waals surface area contributed by atoms with E-state index in [-0.39, 0.29) is 5.69 Å². The fraction of sp³-hybridized carbons (Fsp3) is 0.200. The highest BCUT2D eigenvalue weighted by molar-refractivity contribution is 6.45. The molecule has 1 fully saturated rings. The molecule has 2 amide bonds. The van der Waals surface area contributed by atoms with Crippen LogP contribution in [0.2, 0.25) is 5.02 Å². The van der Waals surface area contributed by atoms with Crippen LogP contribution < -0.4 is 4.90 Å². The molecule has 4 rings (SSSR count). The Morgan fingerprint density at radius 2 is 1.54 bits per heavy atom. The molecule has 2 aromatic carbocycles. The number of carbonyl (C=O) groups excluding carboxylic acids is 2. The monoisotopic (exact) mass is 370 g/mol. The van der Waals surface area contributed by atoms with Crippen molar-refractivity contribution < 1.29 is 14.0 Å². The number of hydrogen-bond acceptors (Lipinski definition) is 3. The van der Waals surface area contributed by atoms with E-state index in [4.69, 9.17) is 11.6 Å². The lowest BCUT2D eigenvalue weighted by Gasteiger charge is -2.20. The minimum atomic E-state index is -0.604. The van der Waals surface area contributed by atoms with Crippen molar-refractivity contribution in [3.05, 3.63) is 70.6 Å².